The van der Waals surface area contributed by atoms with Crippen molar-refractivity contribution < 1.29 is 13.2 Å². The molecule has 0 spiro atoms. The Labute approximate surface area is 200 Å². The lowest BCUT2D eigenvalue weighted by atomic mass is 10.2. The van der Waals surface area contributed by atoms with Gasteiger partial charge in [0.15, 0.2) is 0 Å². The van der Waals surface area contributed by atoms with Gasteiger partial charge in [0.1, 0.15) is 5.01 Å². The fourth-order valence-electron chi connectivity index (χ4n) is 2.44. The Balaban J connectivity index is 1.47. The third kappa shape index (κ3) is 5.05. The number of aromatic nitrogens is 4. The van der Waals surface area contributed by atoms with Crippen molar-refractivity contribution in [2.45, 2.75) is 11.3 Å². The summed E-state index contributed by atoms with van der Waals surface area (Å²) in [5.74, 6) is -0.577. The van der Waals surface area contributed by atoms with Crippen molar-refractivity contribution in [3.05, 3.63) is 63.6 Å². The molecule has 0 radical (unpaired) electrons. The van der Waals surface area contributed by atoms with Gasteiger partial charge in [-0.1, -0.05) is 75.7 Å². The van der Waals surface area contributed by atoms with Gasteiger partial charge in [0.2, 0.25) is 10.3 Å². The van der Waals surface area contributed by atoms with Crippen LogP contribution in [0, 0.1) is 6.92 Å². The van der Waals surface area contributed by atoms with Gasteiger partial charge < -0.3 is 0 Å². The molecule has 14 heteroatoms. The van der Waals surface area contributed by atoms with Gasteiger partial charge in [0.25, 0.3) is 20.3 Å². The van der Waals surface area contributed by atoms with Crippen molar-refractivity contribution in [1.82, 2.24) is 20.4 Å². The smallest absolute Gasteiger partial charge is 0.293 e. The van der Waals surface area contributed by atoms with Gasteiger partial charge in [-0.25, -0.2) is 0 Å². The van der Waals surface area contributed by atoms with E-state index in [1.165, 1.54) is 18.2 Å². The van der Waals surface area contributed by atoms with Crippen molar-refractivity contribution in [1.29, 1.82) is 0 Å². The number of benzene rings is 2. The third-order valence-corrected chi connectivity index (χ3v) is 8.09. The zero-order valence-electron chi connectivity index (χ0n) is 16.0. The van der Waals surface area contributed by atoms with Gasteiger partial charge >= 0.3 is 0 Å². The summed E-state index contributed by atoms with van der Waals surface area (Å²) in [6, 6.07) is 12.0. The Morgan fingerprint density at radius 2 is 1.66 bits per heavy atom. The van der Waals surface area contributed by atoms with Crippen LogP contribution in [0.4, 0.5) is 10.3 Å². The lowest BCUT2D eigenvalue weighted by molar-refractivity contribution is 0.102. The highest BCUT2D eigenvalue weighted by atomic mass is 35.5. The minimum Gasteiger partial charge on any atom is -0.296 e. The number of hydrogen-bond acceptors (Lipinski definition) is 9. The van der Waals surface area contributed by atoms with Gasteiger partial charge in [0, 0.05) is 10.6 Å². The summed E-state index contributed by atoms with van der Waals surface area (Å²) in [6.07, 6.45) is 0. The molecule has 2 heterocycles. The molecule has 0 saturated heterocycles. The second-order valence-electron chi connectivity index (χ2n) is 6.34. The molecule has 2 aromatic heterocycles. The number of nitrogens with one attached hydrogen (secondary N) is 2. The van der Waals surface area contributed by atoms with Gasteiger partial charge in [-0.3, -0.25) is 14.8 Å². The van der Waals surface area contributed by atoms with Crippen molar-refractivity contribution in [3.63, 3.8) is 0 Å². The number of amides is 1. The summed E-state index contributed by atoms with van der Waals surface area (Å²) in [5.41, 5.74) is 2.07. The first-order chi connectivity index (χ1) is 15.2. The molecular formula is C18H12Cl2N6O3S3. The minimum atomic E-state index is -4.07. The van der Waals surface area contributed by atoms with Crippen LogP contribution in [0.15, 0.2) is 46.8 Å². The molecule has 32 heavy (non-hydrogen) atoms. The van der Waals surface area contributed by atoms with Gasteiger partial charge in [-0.15, -0.1) is 20.4 Å². The van der Waals surface area contributed by atoms with Gasteiger partial charge in [-0.2, -0.15) is 8.42 Å². The van der Waals surface area contributed by atoms with Crippen LogP contribution in [0.2, 0.25) is 10.0 Å². The Kier molecular flexibility index (Phi) is 6.40. The standard InChI is InChI=1S/C18H12Cl2N6O3S3/c1-9-2-4-10(5-3-9)15-22-24-17(30-15)26-32(28,29)18-25-23-16(31-18)21-14(27)12-7-6-11(19)8-13(12)20/h2-8H,1H3,(H,24,26)(H,21,23,27). The van der Waals surface area contributed by atoms with E-state index >= 15 is 0 Å². The molecule has 0 saturated carbocycles. The molecular weight excluding hydrogens is 515 g/mol. The number of carbonyl (C=O) groups excluding carboxylic acids is 1. The summed E-state index contributed by atoms with van der Waals surface area (Å²) in [5, 5.41) is 18.9. The second kappa shape index (κ2) is 9.08. The SMILES string of the molecule is Cc1ccc(-c2nnc(NS(=O)(=O)c3nnc(NC(=O)c4ccc(Cl)cc4Cl)s3)s2)cc1. The normalized spacial score (nSPS) is 11.3. The van der Waals surface area contributed by atoms with Crippen LogP contribution in [-0.4, -0.2) is 34.7 Å². The quantitative estimate of drug-likeness (QED) is 0.347. The topological polar surface area (TPSA) is 127 Å². The van der Waals surface area contributed by atoms with Gasteiger partial charge in [-0.05, 0) is 25.1 Å². The van der Waals surface area contributed by atoms with Crippen molar-refractivity contribution in [3.8, 4) is 10.6 Å². The number of anilines is 2. The Morgan fingerprint density at radius 3 is 2.38 bits per heavy atom. The van der Waals surface area contributed by atoms with E-state index in [2.05, 4.69) is 30.4 Å². The zero-order chi connectivity index (χ0) is 22.9. The highest BCUT2D eigenvalue weighted by molar-refractivity contribution is 7.94. The van der Waals surface area contributed by atoms with Crippen LogP contribution < -0.4 is 10.0 Å². The molecule has 9 nitrogen and oxygen atoms in total. The fourth-order valence-corrected chi connectivity index (χ4v) is 5.81. The molecule has 164 valence electrons. The molecule has 4 aromatic rings. The van der Waals surface area contributed by atoms with E-state index in [1.807, 2.05) is 31.2 Å². The molecule has 0 aliphatic carbocycles. The number of halogens is 2. The number of aryl methyl sites for hydroxylation is 1. The Morgan fingerprint density at radius 1 is 0.938 bits per heavy atom. The lowest BCUT2D eigenvalue weighted by Gasteiger charge is -2.03. The predicted molar refractivity (Wildman–Crippen MR) is 125 cm³/mol. The third-order valence-electron chi connectivity index (χ3n) is 3.98. The van der Waals surface area contributed by atoms with Crippen LogP contribution >= 0.6 is 45.9 Å². The van der Waals surface area contributed by atoms with Crippen LogP contribution in [-0.2, 0) is 10.0 Å². The first-order valence-corrected chi connectivity index (χ1v) is 12.6. The van der Waals surface area contributed by atoms with E-state index in [4.69, 9.17) is 23.2 Å². The Bertz CT molecular complexity index is 1400. The van der Waals surface area contributed by atoms with Crippen LogP contribution in [0.25, 0.3) is 10.6 Å². The monoisotopic (exact) mass is 526 g/mol. The predicted octanol–water partition coefficient (Wildman–Crippen LogP) is 4.72. The second-order valence-corrected chi connectivity index (χ2v) is 11.0. The number of rotatable bonds is 6. The molecule has 0 bridgehead atoms. The highest BCUT2D eigenvalue weighted by Gasteiger charge is 2.23. The maximum atomic E-state index is 12.6. The van der Waals surface area contributed by atoms with E-state index in [1.54, 1.807) is 0 Å². The molecule has 2 aromatic carbocycles. The maximum absolute atomic E-state index is 12.6. The Hall–Kier alpha value is -2.64. The summed E-state index contributed by atoms with van der Waals surface area (Å²) in [4.78, 5) is 12.4. The van der Waals surface area contributed by atoms with E-state index in [-0.39, 0.29) is 25.2 Å². The van der Waals surface area contributed by atoms with E-state index in [0.717, 1.165) is 22.5 Å². The first kappa shape index (κ1) is 22.6. The lowest BCUT2D eigenvalue weighted by Crippen LogP contribution is -2.12. The van der Waals surface area contributed by atoms with Gasteiger partial charge in [0.05, 0.1) is 10.6 Å². The number of hydrogen-bond donors (Lipinski definition) is 2. The molecule has 0 fully saturated rings. The molecule has 0 unspecified atom stereocenters. The minimum absolute atomic E-state index is 0.0148. The van der Waals surface area contributed by atoms with Crippen molar-refractivity contribution >= 4 is 72.1 Å². The molecule has 0 aliphatic rings. The van der Waals surface area contributed by atoms with E-state index in [9.17, 15) is 13.2 Å². The maximum Gasteiger partial charge on any atom is 0.293 e. The largest absolute Gasteiger partial charge is 0.296 e. The zero-order valence-corrected chi connectivity index (χ0v) is 20.0. The number of carbonyl (C=O) groups is 1. The summed E-state index contributed by atoms with van der Waals surface area (Å²) in [6.45, 7) is 1.96. The summed E-state index contributed by atoms with van der Waals surface area (Å²) < 4.78 is 27.3. The van der Waals surface area contributed by atoms with Crippen LogP contribution in [0.5, 0.6) is 0 Å². The molecule has 0 aliphatic heterocycles. The molecule has 2 N–H and O–H groups in total. The fraction of sp³-hybridized carbons (Fsp3) is 0.0556. The van der Waals surface area contributed by atoms with Crippen LogP contribution in [0.1, 0.15) is 15.9 Å². The van der Waals surface area contributed by atoms with Crippen LogP contribution in [0.3, 0.4) is 0 Å². The first-order valence-electron chi connectivity index (χ1n) is 8.74. The number of nitrogens with zero attached hydrogens (tertiary/aromatic N) is 4. The van der Waals surface area contributed by atoms with Crippen molar-refractivity contribution in [2.75, 3.05) is 10.0 Å². The summed E-state index contributed by atoms with van der Waals surface area (Å²) in [7, 11) is -4.07. The van der Waals surface area contributed by atoms with Crippen molar-refractivity contribution in [2.24, 2.45) is 0 Å². The highest BCUT2D eigenvalue weighted by Crippen LogP contribution is 2.29. The van der Waals surface area contributed by atoms with E-state index in [0.29, 0.717) is 21.4 Å². The average molecular weight is 527 g/mol. The average Bonchev–Trinajstić information content (AvgIpc) is 3.38. The van der Waals surface area contributed by atoms with E-state index < -0.39 is 15.9 Å². The summed E-state index contributed by atoms with van der Waals surface area (Å²) >= 11 is 13.6. The molecule has 4 rings (SSSR count). The molecule has 0 atom stereocenters. The molecule has 1 amide bonds. The number of sulfonamides is 1.